The fraction of sp³-hybridized carbons (Fsp3) is 0.160. The number of allylic oxidation sites excluding steroid dienone is 4. The van der Waals surface area contributed by atoms with E-state index in [2.05, 4.69) is 0 Å². The third kappa shape index (κ3) is 3.92. The molecule has 2 aliphatic rings. The maximum absolute atomic E-state index is 12.9. The summed E-state index contributed by atoms with van der Waals surface area (Å²) >= 11 is 0. The van der Waals surface area contributed by atoms with Crippen molar-refractivity contribution in [2.24, 2.45) is 0 Å². The van der Waals surface area contributed by atoms with Crippen LogP contribution in [-0.4, -0.2) is 28.8 Å². The highest BCUT2D eigenvalue weighted by molar-refractivity contribution is 6.40. The molecule has 1 aliphatic carbocycles. The van der Waals surface area contributed by atoms with Crippen LogP contribution >= 0.6 is 0 Å². The highest BCUT2D eigenvalue weighted by Gasteiger charge is 2.34. The molecule has 0 saturated heterocycles. The largest absolute Gasteiger partial charge is 0.354 e. The normalized spacial score (nSPS) is 15.2. The first-order chi connectivity index (χ1) is 14.5. The number of Topliss-reactive ketones (excluding diaryl/α,β-unsaturated/α-hetero) is 3. The predicted octanol–water partition coefficient (Wildman–Crippen LogP) is 4.90. The molecule has 0 amide bonds. The van der Waals surface area contributed by atoms with Crippen molar-refractivity contribution in [1.29, 1.82) is 0 Å². The number of halogens is 1. The highest BCUT2D eigenvalue weighted by Crippen LogP contribution is 2.30. The monoisotopic (exact) mass is 401 g/mol. The smallest absolute Gasteiger partial charge is 0.198 e. The van der Waals surface area contributed by atoms with E-state index in [9.17, 15) is 18.8 Å². The van der Waals surface area contributed by atoms with Crippen LogP contribution in [0.25, 0.3) is 0 Å². The predicted molar refractivity (Wildman–Crippen MR) is 112 cm³/mol. The van der Waals surface area contributed by atoms with Crippen LogP contribution in [0.2, 0.25) is 0 Å². The Kier molecular flexibility index (Phi) is 5.53. The summed E-state index contributed by atoms with van der Waals surface area (Å²) < 4.78 is 12.9. The van der Waals surface area contributed by atoms with Crippen molar-refractivity contribution in [3.63, 3.8) is 0 Å². The molecule has 0 unspecified atom stereocenters. The zero-order valence-electron chi connectivity index (χ0n) is 16.3. The Morgan fingerprint density at radius 1 is 0.833 bits per heavy atom. The average Bonchev–Trinajstić information content (AvgIpc) is 3.02. The van der Waals surface area contributed by atoms with E-state index in [0.717, 1.165) is 6.42 Å². The first-order valence-electron chi connectivity index (χ1n) is 9.88. The number of carbonyl (C=O) groups is 3. The van der Waals surface area contributed by atoms with Crippen LogP contribution in [-0.2, 0) is 0 Å². The van der Waals surface area contributed by atoms with Gasteiger partial charge in [-0.25, -0.2) is 4.39 Å². The quantitative estimate of drug-likeness (QED) is 0.299. The SMILES string of the molecule is O=C(CCCCN1C=CC(=C2C(=O)c3ccccc3C2=O)C=C1)c1ccc(F)cc1. The molecule has 0 saturated carbocycles. The Morgan fingerprint density at radius 3 is 2.03 bits per heavy atom. The molecule has 0 atom stereocenters. The second-order valence-electron chi connectivity index (χ2n) is 7.29. The Morgan fingerprint density at radius 2 is 1.43 bits per heavy atom. The lowest BCUT2D eigenvalue weighted by molar-refractivity contribution is 0.0971. The van der Waals surface area contributed by atoms with Gasteiger partial charge in [-0.3, -0.25) is 14.4 Å². The molecule has 5 heteroatoms. The van der Waals surface area contributed by atoms with Crippen LogP contribution in [0.5, 0.6) is 0 Å². The van der Waals surface area contributed by atoms with Gasteiger partial charge in [-0.1, -0.05) is 24.3 Å². The molecule has 0 bridgehead atoms. The zero-order valence-corrected chi connectivity index (χ0v) is 16.3. The molecule has 2 aromatic rings. The number of rotatable bonds is 6. The van der Waals surface area contributed by atoms with Crippen molar-refractivity contribution in [3.8, 4) is 0 Å². The van der Waals surface area contributed by atoms with Gasteiger partial charge in [0.15, 0.2) is 17.3 Å². The average molecular weight is 401 g/mol. The van der Waals surface area contributed by atoms with Crippen LogP contribution in [0.15, 0.2) is 84.2 Å². The molecule has 0 aromatic heterocycles. The maximum Gasteiger partial charge on any atom is 0.198 e. The first-order valence-corrected chi connectivity index (χ1v) is 9.88. The lowest BCUT2D eigenvalue weighted by atomic mass is 10.0. The topological polar surface area (TPSA) is 54.5 Å². The lowest BCUT2D eigenvalue weighted by Crippen LogP contribution is -2.15. The molecule has 0 fully saturated rings. The first kappa shape index (κ1) is 19.7. The van der Waals surface area contributed by atoms with E-state index in [1.807, 2.05) is 17.3 Å². The standard InChI is InChI=1S/C25H20FNO3/c26-19-10-8-17(9-11-19)22(28)7-3-4-14-27-15-12-18(13-16-27)23-24(29)20-5-1-2-6-21(20)25(23)30/h1-2,5-6,8-13,15-16H,3-4,7,14H2. The van der Waals surface area contributed by atoms with Crippen molar-refractivity contribution in [2.75, 3.05) is 6.54 Å². The summed E-state index contributed by atoms with van der Waals surface area (Å²) in [6.07, 6.45) is 9.16. The van der Waals surface area contributed by atoms with Crippen molar-refractivity contribution < 1.29 is 18.8 Å². The van der Waals surface area contributed by atoms with Gasteiger partial charge in [-0.15, -0.1) is 0 Å². The molecule has 0 radical (unpaired) electrons. The van der Waals surface area contributed by atoms with Crippen molar-refractivity contribution in [3.05, 3.63) is 107 Å². The van der Waals surface area contributed by atoms with E-state index in [1.54, 1.807) is 36.4 Å². The summed E-state index contributed by atoms with van der Waals surface area (Å²) in [7, 11) is 0. The van der Waals surface area contributed by atoms with Crippen molar-refractivity contribution in [1.82, 2.24) is 4.90 Å². The second kappa shape index (κ2) is 8.41. The summed E-state index contributed by atoms with van der Waals surface area (Å²) in [5.41, 5.74) is 2.27. The number of nitrogens with zero attached hydrogens (tertiary/aromatic N) is 1. The van der Waals surface area contributed by atoms with Crippen molar-refractivity contribution >= 4 is 17.3 Å². The molecule has 0 spiro atoms. The molecule has 1 heterocycles. The highest BCUT2D eigenvalue weighted by atomic mass is 19.1. The Balaban J connectivity index is 1.31. The van der Waals surface area contributed by atoms with Crippen LogP contribution in [0.1, 0.15) is 50.3 Å². The van der Waals surface area contributed by atoms with Gasteiger partial charge in [-0.2, -0.15) is 0 Å². The minimum absolute atomic E-state index is 0.00423. The van der Waals surface area contributed by atoms with Gasteiger partial charge in [0, 0.05) is 42.1 Å². The summed E-state index contributed by atoms with van der Waals surface area (Å²) in [4.78, 5) is 39.3. The zero-order chi connectivity index (χ0) is 21.1. The van der Waals surface area contributed by atoms with Gasteiger partial charge in [-0.05, 0) is 54.8 Å². The third-order valence-electron chi connectivity index (χ3n) is 5.29. The van der Waals surface area contributed by atoms with E-state index >= 15 is 0 Å². The third-order valence-corrected chi connectivity index (χ3v) is 5.29. The Labute approximate surface area is 174 Å². The molecular formula is C25H20FNO3. The van der Waals surface area contributed by atoms with E-state index in [0.29, 0.717) is 41.6 Å². The van der Waals surface area contributed by atoms with Crippen molar-refractivity contribution in [2.45, 2.75) is 19.3 Å². The Hall–Kier alpha value is -3.60. The number of ketones is 3. The molecule has 4 rings (SSSR count). The molecule has 150 valence electrons. The van der Waals surface area contributed by atoms with Gasteiger partial charge < -0.3 is 4.90 Å². The minimum Gasteiger partial charge on any atom is -0.354 e. The number of hydrogen-bond donors (Lipinski definition) is 0. The van der Waals surface area contributed by atoms with Gasteiger partial charge in [0.05, 0.1) is 5.57 Å². The fourth-order valence-electron chi connectivity index (χ4n) is 3.65. The summed E-state index contributed by atoms with van der Waals surface area (Å²) in [5, 5.41) is 0. The fourth-order valence-corrected chi connectivity index (χ4v) is 3.65. The molecule has 2 aromatic carbocycles. The van der Waals surface area contributed by atoms with Crippen LogP contribution in [0.3, 0.4) is 0 Å². The van der Waals surface area contributed by atoms with Gasteiger partial charge >= 0.3 is 0 Å². The second-order valence-corrected chi connectivity index (χ2v) is 7.29. The molecule has 1 aliphatic heterocycles. The molecule has 0 N–H and O–H groups in total. The van der Waals surface area contributed by atoms with Gasteiger partial charge in [0.25, 0.3) is 0 Å². The maximum atomic E-state index is 12.9. The van der Waals surface area contributed by atoms with Crippen LogP contribution in [0.4, 0.5) is 4.39 Å². The number of fused-ring (bicyclic) bond motifs is 1. The number of benzene rings is 2. The van der Waals surface area contributed by atoms with E-state index in [1.165, 1.54) is 24.3 Å². The number of hydrogen-bond acceptors (Lipinski definition) is 4. The summed E-state index contributed by atoms with van der Waals surface area (Å²) in [5.74, 6) is -0.806. The lowest BCUT2D eigenvalue weighted by Gasteiger charge is -2.19. The van der Waals surface area contributed by atoms with E-state index < -0.39 is 0 Å². The molecule has 30 heavy (non-hydrogen) atoms. The molecular weight excluding hydrogens is 381 g/mol. The number of carbonyl (C=O) groups excluding carboxylic acids is 3. The van der Waals surface area contributed by atoms with E-state index in [-0.39, 0.29) is 28.7 Å². The van der Waals surface area contributed by atoms with Gasteiger partial charge in [0.1, 0.15) is 5.82 Å². The Bertz CT molecular complexity index is 1060. The molecule has 4 nitrogen and oxygen atoms in total. The summed E-state index contributed by atoms with van der Waals surface area (Å²) in [6.45, 7) is 0.717. The number of unbranched alkanes of at least 4 members (excludes halogenated alkanes) is 1. The van der Waals surface area contributed by atoms with Gasteiger partial charge in [0.2, 0.25) is 0 Å². The van der Waals surface area contributed by atoms with Crippen LogP contribution < -0.4 is 0 Å². The minimum atomic E-state index is -0.352. The summed E-state index contributed by atoms with van der Waals surface area (Å²) in [6, 6.07) is 12.5. The van der Waals surface area contributed by atoms with Crippen LogP contribution in [0, 0.1) is 5.82 Å². The van der Waals surface area contributed by atoms with E-state index in [4.69, 9.17) is 0 Å².